The van der Waals surface area contributed by atoms with Gasteiger partial charge < -0.3 is 9.32 Å². The van der Waals surface area contributed by atoms with E-state index < -0.39 is 0 Å². The number of hydrogen-bond donors (Lipinski definition) is 0. The van der Waals surface area contributed by atoms with Gasteiger partial charge in [-0.15, -0.1) is 0 Å². The Balaban J connectivity index is 1.54. The van der Waals surface area contributed by atoms with Crippen molar-refractivity contribution in [1.29, 1.82) is 0 Å². The maximum atomic E-state index is 6.37. The first-order chi connectivity index (χ1) is 13.6. The third-order valence-electron chi connectivity index (χ3n) is 5.00. The molecule has 0 bridgehead atoms. The molecule has 4 heterocycles. The van der Waals surface area contributed by atoms with Gasteiger partial charge in [-0.1, -0.05) is 48.0 Å². The van der Waals surface area contributed by atoms with Crippen LogP contribution in [0.4, 0.5) is 0 Å². The van der Waals surface area contributed by atoms with Gasteiger partial charge in [0, 0.05) is 28.6 Å². The molecular formula is C21H17Cl2N3OS. The number of benzene rings is 1. The maximum absolute atomic E-state index is 6.37. The molecular weight excluding hydrogens is 413 g/mol. The Kier molecular flexibility index (Phi) is 4.62. The summed E-state index contributed by atoms with van der Waals surface area (Å²) in [6.45, 7) is 3.16. The normalized spacial score (nSPS) is 23.8. The van der Waals surface area contributed by atoms with Gasteiger partial charge in [0.2, 0.25) is 0 Å². The summed E-state index contributed by atoms with van der Waals surface area (Å²) in [6.07, 6.45) is 1.81. The molecule has 4 nitrogen and oxygen atoms in total. The Morgan fingerprint density at radius 1 is 1.14 bits per heavy atom. The van der Waals surface area contributed by atoms with Crippen LogP contribution < -0.4 is 0 Å². The first-order valence-corrected chi connectivity index (χ1v) is 10.7. The van der Waals surface area contributed by atoms with Gasteiger partial charge in [-0.25, -0.2) is 4.99 Å². The number of thioether (sulfide) groups is 1. The van der Waals surface area contributed by atoms with E-state index in [1.807, 2.05) is 60.4 Å². The maximum Gasteiger partial charge on any atom is 0.161 e. The number of halogens is 2. The van der Waals surface area contributed by atoms with Gasteiger partial charge in [-0.05, 0) is 42.5 Å². The van der Waals surface area contributed by atoms with Crippen LogP contribution in [0.15, 0.2) is 64.1 Å². The van der Waals surface area contributed by atoms with Crippen molar-refractivity contribution in [3.63, 3.8) is 0 Å². The van der Waals surface area contributed by atoms with E-state index in [0.29, 0.717) is 15.3 Å². The van der Waals surface area contributed by atoms with Crippen molar-refractivity contribution in [1.82, 2.24) is 9.88 Å². The number of amidine groups is 1. The molecule has 2 aliphatic rings. The molecule has 2 aromatic heterocycles. The molecule has 1 aromatic carbocycles. The second kappa shape index (κ2) is 7.14. The van der Waals surface area contributed by atoms with Gasteiger partial charge in [0.15, 0.2) is 5.17 Å². The number of hydrogen-bond acceptors (Lipinski definition) is 5. The summed E-state index contributed by atoms with van der Waals surface area (Å²) >= 11 is 14.2. The molecule has 0 radical (unpaired) electrons. The van der Waals surface area contributed by atoms with Crippen molar-refractivity contribution in [2.45, 2.75) is 24.3 Å². The van der Waals surface area contributed by atoms with Crippen molar-refractivity contribution in [2.24, 2.45) is 4.99 Å². The summed E-state index contributed by atoms with van der Waals surface area (Å²) in [7, 11) is 0. The van der Waals surface area contributed by atoms with Crippen LogP contribution in [0, 0.1) is 0 Å². The minimum Gasteiger partial charge on any atom is -0.459 e. The lowest BCUT2D eigenvalue weighted by Gasteiger charge is -2.25. The summed E-state index contributed by atoms with van der Waals surface area (Å²) in [5.74, 6) is 1.59. The van der Waals surface area contributed by atoms with E-state index in [9.17, 15) is 0 Å². The fourth-order valence-electron chi connectivity index (χ4n) is 3.77. The van der Waals surface area contributed by atoms with Gasteiger partial charge in [0.25, 0.3) is 0 Å². The Morgan fingerprint density at radius 2 is 2.04 bits per heavy atom. The van der Waals surface area contributed by atoms with Crippen LogP contribution >= 0.6 is 35.0 Å². The number of pyridine rings is 1. The van der Waals surface area contributed by atoms with E-state index in [1.165, 1.54) is 0 Å². The molecule has 5 rings (SSSR count). The standard InChI is InChI=1S/C21H17Cl2N3OS/c1-12-11-26-20(19(25-21(26)28-12)16-4-2-3-9-24-16)18-8-7-17(27-18)14-6-5-13(22)10-15(14)23/h2-10,12,19-20H,11H2,1H3/t12-,19+,20-/m1/s1. The van der Waals surface area contributed by atoms with Gasteiger partial charge >= 0.3 is 0 Å². The molecule has 2 aliphatic heterocycles. The average molecular weight is 430 g/mol. The molecule has 28 heavy (non-hydrogen) atoms. The fraction of sp³-hybridized carbons (Fsp3) is 0.238. The number of nitrogens with zero attached hydrogens (tertiary/aromatic N) is 3. The second-order valence-corrected chi connectivity index (χ2v) is 9.21. The zero-order valence-corrected chi connectivity index (χ0v) is 17.4. The van der Waals surface area contributed by atoms with E-state index in [4.69, 9.17) is 32.6 Å². The predicted molar refractivity (Wildman–Crippen MR) is 115 cm³/mol. The smallest absolute Gasteiger partial charge is 0.161 e. The molecule has 0 unspecified atom stereocenters. The quantitative estimate of drug-likeness (QED) is 0.494. The highest BCUT2D eigenvalue weighted by molar-refractivity contribution is 8.14. The van der Waals surface area contributed by atoms with Crippen molar-refractivity contribution in [3.05, 3.63) is 76.2 Å². The van der Waals surface area contributed by atoms with Crippen LogP contribution in [0.5, 0.6) is 0 Å². The first-order valence-electron chi connectivity index (χ1n) is 9.07. The molecule has 0 spiro atoms. The van der Waals surface area contributed by atoms with Gasteiger partial charge in [-0.3, -0.25) is 4.98 Å². The van der Waals surface area contributed by atoms with E-state index >= 15 is 0 Å². The van der Waals surface area contributed by atoms with Crippen LogP contribution in [-0.2, 0) is 0 Å². The third kappa shape index (κ3) is 3.11. The lowest BCUT2D eigenvalue weighted by molar-refractivity contribution is 0.277. The topological polar surface area (TPSA) is 41.6 Å². The number of fused-ring (bicyclic) bond motifs is 1. The number of aliphatic imine (C=N–C) groups is 1. The van der Waals surface area contributed by atoms with Gasteiger partial charge in [0.1, 0.15) is 23.6 Å². The lowest BCUT2D eigenvalue weighted by Crippen LogP contribution is -2.28. The highest BCUT2D eigenvalue weighted by Crippen LogP contribution is 2.48. The predicted octanol–water partition coefficient (Wildman–Crippen LogP) is 6.24. The molecule has 0 N–H and O–H groups in total. The van der Waals surface area contributed by atoms with E-state index in [2.05, 4.69) is 16.8 Å². The first kappa shape index (κ1) is 18.1. The summed E-state index contributed by atoms with van der Waals surface area (Å²) in [5.41, 5.74) is 1.78. The Hall–Kier alpha value is -1.95. The van der Waals surface area contributed by atoms with Crippen LogP contribution in [0.3, 0.4) is 0 Å². The number of furan rings is 1. The highest BCUT2D eigenvalue weighted by atomic mass is 35.5. The lowest BCUT2D eigenvalue weighted by atomic mass is 10.0. The summed E-state index contributed by atoms with van der Waals surface area (Å²) < 4.78 is 6.29. The Morgan fingerprint density at radius 3 is 2.82 bits per heavy atom. The molecule has 0 amide bonds. The van der Waals surface area contributed by atoms with Crippen LogP contribution in [0.2, 0.25) is 10.0 Å². The average Bonchev–Trinajstić information content (AvgIpc) is 3.36. The highest BCUT2D eigenvalue weighted by Gasteiger charge is 2.45. The fourth-order valence-corrected chi connectivity index (χ4v) is 5.37. The SMILES string of the molecule is C[C@@H]1CN2C(=N[C@@H](c3ccccn3)[C@H]2c2ccc(-c3ccc(Cl)cc3Cl)o2)S1. The van der Waals surface area contributed by atoms with Gasteiger partial charge in [0.05, 0.1) is 10.7 Å². The minimum absolute atomic E-state index is 0.0119. The summed E-state index contributed by atoms with van der Waals surface area (Å²) in [6, 6.07) is 15.3. The van der Waals surface area contributed by atoms with Crippen LogP contribution in [0.25, 0.3) is 11.3 Å². The molecule has 0 aliphatic carbocycles. The van der Waals surface area contributed by atoms with Crippen LogP contribution in [-0.4, -0.2) is 26.8 Å². The zero-order chi connectivity index (χ0) is 19.3. The molecule has 3 aromatic rings. The largest absolute Gasteiger partial charge is 0.459 e. The van der Waals surface area contributed by atoms with Gasteiger partial charge in [-0.2, -0.15) is 0 Å². The van der Waals surface area contributed by atoms with E-state index in [-0.39, 0.29) is 12.1 Å². The molecule has 3 atom stereocenters. The Bertz CT molecular complexity index is 1050. The Labute approximate surface area is 177 Å². The van der Waals surface area contributed by atoms with Crippen molar-refractivity contribution >= 4 is 40.1 Å². The second-order valence-electron chi connectivity index (χ2n) is 6.96. The van der Waals surface area contributed by atoms with Crippen LogP contribution in [0.1, 0.15) is 30.5 Å². The van der Waals surface area contributed by atoms with Crippen molar-refractivity contribution < 1.29 is 4.42 Å². The molecule has 0 saturated carbocycles. The zero-order valence-electron chi connectivity index (χ0n) is 15.0. The monoisotopic (exact) mass is 429 g/mol. The molecule has 1 saturated heterocycles. The third-order valence-corrected chi connectivity index (χ3v) is 6.65. The number of aromatic nitrogens is 1. The van der Waals surface area contributed by atoms with E-state index in [0.717, 1.165) is 34.5 Å². The summed E-state index contributed by atoms with van der Waals surface area (Å²) in [5, 5.41) is 2.75. The summed E-state index contributed by atoms with van der Waals surface area (Å²) in [4.78, 5) is 11.9. The number of rotatable bonds is 3. The molecule has 1 fully saturated rings. The minimum atomic E-state index is -0.0871. The van der Waals surface area contributed by atoms with Crippen molar-refractivity contribution in [3.8, 4) is 11.3 Å². The molecule has 7 heteroatoms. The van der Waals surface area contributed by atoms with E-state index in [1.54, 1.807) is 6.07 Å². The van der Waals surface area contributed by atoms with Crippen molar-refractivity contribution in [2.75, 3.05) is 6.54 Å². The molecule has 142 valence electrons.